The Kier molecular flexibility index (Phi) is 6.79. The SMILES string of the molecule is CS(=O)(=O)NCC1CCCCN1C(=O)c1ccc(S(=O)(=O)Nc2ccccc2)cc1. The smallest absolute Gasteiger partial charge is 0.261 e. The zero-order valence-electron chi connectivity index (χ0n) is 16.6. The number of nitrogens with one attached hydrogen (secondary N) is 2. The first-order valence-electron chi connectivity index (χ1n) is 9.59. The summed E-state index contributed by atoms with van der Waals surface area (Å²) in [6, 6.07) is 14.1. The molecular formula is C20H25N3O5S2. The van der Waals surface area contributed by atoms with E-state index in [-0.39, 0.29) is 23.4 Å². The fraction of sp³-hybridized carbons (Fsp3) is 0.350. The van der Waals surface area contributed by atoms with Gasteiger partial charge >= 0.3 is 0 Å². The van der Waals surface area contributed by atoms with Gasteiger partial charge in [-0.25, -0.2) is 21.6 Å². The highest BCUT2D eigenvalue weighted by molar-refractivity contribution is 7.92. The highest BCUT2D eigenvalue weighted by Gasteiger charge is 2.28. The number of carbonyl (C=O) groups is 1. The zero-order valence-corrected chi connectivity index (χ0v) is 18.2. The van der Waals surface area contributed by atoms with Crippen molar-refractivity contribution in [3.05, 3.63) is 60.2 Å². The van der Waals surface area contributed by atoms with Crippen LogP contribution in [0.15, 0.2) is 59.5 Å². The molecule has 8 nitrogen and oxygen atoms in total. The van der Waals surface area contributed by atoms with Gasteiger partial charge in [-0.1, -0.05) is 18.2 Å². The van der Waals surface area contributed by atoms with Gasteiger partial charge in [-0.05, 0) is 55.7 Å². The van der Waals surface area contributed by atoms with Crippen molar-refractivity contribution in [3.63, 3.8) is 0 Å². The van der Waals surface area contributed by atoms with Crippen molar-refractivity contribution in [2.75, 3.05) is 24.1 Å². The standard InChI is InChI=1S/C20H25N3O5S2/c1-29(25,26)21-15-18-9-5-6-14-23(18)20(24)16-10-12-19(13-11-16)30(27,28)22-17-7-3-2-4-8-17/h2-4,7-8,10-13,18,21-22H,5-6,9,14-15H2,1H3. The third-order valence-corrected chi connectivity index (χ3v) is 6.99. The normalized spacial score (nSPS) is 17.5. The molecule has 0 radical (unpaired) electrons. The molecule has 0 bridgehead atoms. The Labute approximate surface area is 177 Å². The Morgan fingerprint density at radius 3 is 2.30 bits per heavy atom. The van der Waals surface area contributed by atoms with Gasteiger partial charge in [0.25, 0.3) is 15.9 Å². The van der Waals surface area contributed by atoms with Gasteiger partial charge < -0.3 is 4.90 Å². The van der Waals surface area contributed by atoms with Gasteiger partial charge in [-0.15, -0.1) is 0 Å². The van der Waals surface area contributed by atoms with Crippen molar-refractivity contribution in [2.45, 2.75) is 30.2 Å². The lowest BCUT2D eigenvalue weighted by Crippen LogP contribution is -2.49. The predicted molar refractivity (Wildman–Crippen MR) is 115 cm³/mol. The van der Waals surface area contributed by atoms with Gasteiger partial charge in [-0.2, -0.15) is 0 Å². The van der Waals surface area contributed by atoms with Crippen molar-refractivity contribution in [1.82, 2.24) is 9.62 Å². The molecule has 1 aliphatic heterocycles. The highest BCUT2D eigenvalue weighted by atomic mass is 32.2. The van der Waals surface area contributed by atoms with Crippen LogP contribution in [0.2, 0.25) is 0 Å². The van der Waals surface area contributed by atoms with E-state index in [2.05, 4.69) is 9.44 Å². The lowest BCUT2D eigenvalue weighted by atomic mass is 10.0. The van der Waals surface area contributed by atoms with E-state index in [9.17, 15) is 21.6 Å². The molecule has 1 saturated heterocycles. The van der Waals surface area contributed by atoms with Gasteiger partial charge in [0.15, 0.2) is 0 Å². The van der Waals surface area contributed by atoms with Crippen LogP contribution in [0.4, 0.5) is 5.69 Å². The number of piperidine rings is 1. The summed E-state index contributed by atoms with van der Waals surface area (Å²) in [5.41, 5.74) is 0.812. The van der Waals surface area contributed by atoms with Crippen LogP contribution in [0.25, 0.3) is 0 Å². The van der Waals surface area contributed by atoms with Crippen LogP contribution >= 0.6 is 0 Å². The fourth-order valence-electron chi connectivity index (χ4n) is 3.39. The molecule has 2 N–H and O–H groups in total. The molecule has 1 aliphatic rings. The summed E-state index contributed by atoms with van der Waals surface area (Å²) in [6.45, 7) is 0.697. The molecule has 2 aromatic carbocycles. The minimum absolute atomic E-state index is 0.0526. The van der Waals surface area contributed by atoms with E-state index >= 15 is 0 Å². The Hall–Kier alpha value is -2.43. The number of hydrogen-bond donors (Lipinski definition) is 2. The van der Waals surface area contributed by atoms with Crippen LogP contribution in [0.1, 0.15) is 29.6 Å². The van der Waals surface area contributed by atoms with Gasteiger partial charge in [-0.3, -0.25) is 9.52 Å². The zero-order chi connectivity index (χ0) is 21.8. The minimum atomic E-state index is -3.77. The quantitative estimate of drug-likeness (QED) is 0.669. The topological polar surface area (TPSA) is 113 Å². The third kappa shape index (κ3) is 5.80. The second-order valence-electron chi connectivity index (χ2n) is 7.26. The van der Waals surface area contributed by atoms with Gasteiger partial charge in [0, 0.05) is 30.4 Å². The second kappa shape index (κ2) is 9.15. The Bertz CT molecular complexity index is 1090. The van der Waals surface area contributed by atoms with Gasteiger partial charge in [0.05, 0.1) is 11.2 Å². The highest BCUT2D eigenvalue weighted by Crippen LogP contribution is 2.21. The van der Waals surface area contributed by atoms with Crippen LogP contribution in [-0.4, -0.2) is 53.0 Å². The molecule has 2 aromatic rings. The molecule has 3 rings (SSSR count). The molecule has 1 fully saturated rings. The molecule has 1 atom stereocenters. The molecule has 1 amide bonds. The summed E-state index contributed by atoms with van der Waals surface area (Å²) in [5, 5.41) is 0. The van der Waals surface area contributed by atoms with Crippen LogP contribution < -0.4 is 9.44 Å². The lowest BCUT2D eigenvalue weighted by molar-refractivity contribution is 0.0618. The summed E-state index contributed by atoms with van der Waals surface area (Å²) in [4.78, 5) is 14.7. The summed E-state index contributed by atoms with van der Waals surface area (Å²) in [5.74, 6) is -0.241. The predicted octanol–water partition coefficient (Wildman–Crippen LogP) is 2.03. The molecule has 10 heteroatoms. The Morgan fingerprint density at radius 2 is 1.67 bits per heavy atom. The molecule has 162 valence electrons. The monoisotopic (exact) mass is 451 g/mol. The van der Waals surface area contributed by atoms with Crippen LogP contribution in [0.5, 0.6) is 0 Å². The van der Waals surface area contributed by atoms with Crippen molar-refractivity contribution < 1.29 is 21.6 Å². The molecular weight excluding hydrogens is 426 g/mol. The first-order chi connectivity index (χ1) is 14.2. The molecule has 0 aromatic heterocycles. The van der Waals surface area contributed by atoms with E-state index in [1.807, 2.05) is 0 Å². The molecule has 30 heavy (non-hydrogen) atoms. The summed E-state index contributed by atoms with van der Waals surface area (Å²) in [7, 11) is -7.11. The number of hydrogen-bond acceptors (Lipinski definition) is 5. The second-order valence-corrected chi connectivity index (χ2v) is 10.8. The number of rotatable bonds is 7. The maximum Gasteiger partial charge on any atom is 0.261 e. The van der Waals surface area contributed by atoms with E-state index in [4.69, 9.17) is 0 Å². The van der Waals surface area contributed by atoms with Crippen LogP contribution in [0.3, 0.4) is 0 Å². The molecule has 0 saturated carbocycles. The van der Waals surface area contributed by atoms with E-state index in [0.717, 1.165) is 19.1 Å². The number of carbonyl (C=O) groups excluding carboxylic acids is 1. The van der Waals surface area contributed by atoms with Crippen molar-refractivity contribution in [2.24, 2.45) is 0 Å². The summed E-state index contributed by atoms with van der Waals surface area (Å²) in [6.07, 6.45) is 3.56. The van der Waals surface area contributed by atoms with Crippen molar-refractivity contribution >= 4 is 31.6 Å². The number of para-hydroxylation sites is 1. The minimum Gasteiger partial charge on any atom is -0.334 e. The summed E-state index contributed by atoms with van der Waals surface area (Å²) < 4.78 is 52.9. The van der Waals surface area contributed by atoms with Crippen molar-refractivity contribution in [3.8, 4) is 0 Å². The Balaban J connectivity index is 1.73. The summed E-state index contributed by atoms with van der Waals surface area (Å²) >= 11 is 0. The van der Waals surface area contributed by atoms with Gasteiger partial charge in [0.1, 0.15) is 0 Å². The fourth-order valence-corrected chi connectivity index (χ4v) is 4.94. The first-order valence-corrected chi connectivity index (χ1v) is 13.0. The average Bonchev–Trinajstić information content (AvgIpc) is 2.72. The average molecular weight is 452 g/mol. The van der Waals surface area contributed by atoms with E-state index in [0.29, 0.717) is 24.2 Å². The molecule has 1 heterocycles. The van der Waals surface area contributed by atoms with Crippen LogP contribution in [0, 0.1) is 0 Å². The third-order valence-electron chi connectivity index (χ3n) is 4.91. The van der Waals surface area contributed by atoms with Crippen molar-refractivity contribution in [1.29, 1.82) is 0 Å². The lowest BCUT2D eigenvalue weighted by Gasteiger charge is -2.35. The Morgan fingerprint density at radius 1 is 1.00 bits per heavy atom. The number of likely N-dealkylation sites (tertiary alicyclic amines) is 1. The first kappa shape index (κ1) is 22.3. The number of amides is 1. The number of sulfonamides is 2. The largest absolute Gasteiger partial charge is 0.334 e. The molecule has 0 aliphatic carbocycles. The maximum atomic E-state index is 13.0. The van der Waals surface area contributed by atoms with Crippen LogP contribution in [-0.2, 0) is 20.0 Å². The molecule has 0 spiro atoms. The van der Waals surface area contributed by atoms with E-state index < -0.39 is 20.0 Å². The van der Waals surface area contributed by atoms with E-state index in [1.54, 1.807) is 35.2 Å². The van der Waals surface area contributed by atoms with E-state index in [1.165, 1.54) is 24.3 Å². The maximum absolute atomic E-state index is 13.0. The molecule has 1 unspecified atom stereocenters. The number of benzene rings is 2. The number of nitrogens with zero attached hydrogens (tertiary/aromatic N) is 1. The number of anilines is 1. The van der Waals surface area contributed by atoms with Gasteiger partial charge in [0.2, 0.25) is 10.0 Å².